The Morgan fingerprint density at radius 2 is 2.14 bits per heavy atom. The zero-order valence-corrected chi connectivity index (χ0v) is 13.4. The van der Waals surface area contributed by atoms with Crippen molar-refractivity contribution in [1.29, 1.82) is 0 Å². The van der Waals surface area contributed by atoms with Gasteiger partial charge >= 0.3 is 0 Å². The number of aliphatic hydroxyl groups excluding tert-OH is 1. The van der Waals surface area contributed by atoms with E-state index in [9.17, 15) is 4.79 Å². The molecule has 1 aromatic carbocycles. The molecule has 0 saturated carbocycles. The Hall–Kier alpha value is -0.750. The van der Waals surface area contributed by atoms with Crippen LogP contribution in [-0.4, -0.2) is 54.1 Å². The molecule has 1 N–H and O–H groups in total. The number of benzene rings is 1. The Bertz CT molecular complexity index is 449. The molecule has 0 radical (unpaired) electrons. The Balaban J connectivity index is 1.81. The monoisotopic (exact) mass is 329 g/mol. The number of carbonyl (C=O) groups excluding carboxylic acids is 1. The van der Waals surface area contributed by atoms with Gasteiger partial charge in [-0.15, -0.1) is 11.8 Å². The number of hydrogen-bond donors (Lipinski definition) is 1. The summed E-state index contributed by atoms with van der Waals surface area (Å²) in [4.78, 5) is 15.1. The summed E-state index contributed by atoms with van der Waals surface area (Å²) in [6, 6.07) is 7.64. The van der Waals surface area contributed by atoms with Gasteiger partial charge in [-0.2, -0.15) is 0 Å². The minimum Gasteiger partial charge on any atom is -0.395 e. The predicted molar refractivity (Wildman–Crippen MR) is 84.8 cm³/mol. The molecule has 1 aliphatic heterocycles. The highest BCUT2D eigenvalue weighted by Gasteiger charge is 2.27. The average molecular weight is 330 g/mol. The molecule has 1 amide bonds. The van der Waals surface area contributed by atoms with Gasteiger partial charge in [0.2, 0.25) is 0 Å². The summed E-state index contributed by atoms with van der Waals surface area (Å²) in [6.45, 7) is 1.60. The highest BCUT2D eigenvalue weighted by Crippen LogP contribution is 2.21. The van der Waals surface area contributed by atoms with Crippen molar-refractivity contribution < 1.29 is 14.6 Å². The van der Waals surface area contributed by atoms with Crippen molar-refractivity contribution in [3.63, 3.8) is 0 Å². The maximum Gasteiger partial charge on any atom is 0.251 e. The summed E-state index contributed by atoms with van der Waals surface area (Å²) >= 11 is 7.52. The molecule has 21 heavy (non-hydrogen) atoms. The van der Waals surface area contributed by atoms with Crippen molar-refractivity contribution in [2.45, 2.75) is 23.8 Å². The molecule has 0 aliphatic carbocycles. The van der Waals surface area contributed by atoms with Crippen LogP contribution in [0.1, 0.15) is 12.8 Å². The third kappa shape index (κ3) is 5.18. The molecule has 1 heterocycles. The van der Waals surface area contributed by atoms with Crippen LogP contribution in [0.25, 0.3) is 0 Å². The molecule has 0 bridgehead atoms. The van der Waals surface area contributed by atoms with Crippen LogP contribution in [0.2, 0.25) is 5.02 Å². The number of amides is 1. The molecule has 1 atom stereocenters. The van der Waals surface area contributed by atoms with Gasteiger partial charge in [-0.25, -0.2) is 0 Å². The largest absolute Gasteiger partial charge is 0.395 e. The van der Waals surface area contributed by atoms with Gasteiger partial charge in [0.05, 0.1) is 6.61 Å². The van der Waals surface area contributed by atoms with Crippen molar-refractivity contribution in [2.24, 2.45) is 0 Å². The van der Waals surface area contributed by atoms with Gasteiger partial charge in [0.25, 0.3) is 5.91 Å². The quantitative estimate of drug-likeness (QED) is 0.781. The van der Waals surface area contributed by atoms with Gasteiger partial charge in [0, 0.05) is 35.4 Å². The molecule has 1 aliphatic rings. The van der Waals surface area contributed by atoms with E-state index in [0.29, 0.717) is 19.7 Å². The molecule has 116 valence electrons. The van der Waals surface area contributed by atoms with Crippen LogP contribution in [0.3, 0.4) is 0 Å². The van der Waals surface area contributed by atoms with Crippen LogP contribution >= 0.6 is 23.4 Å². The Morgan fingerprint density at radius 1 is 1.38 bits per heavy atom. The molecule has 0 aromatic heterocycles. The molecule has 1 saturated heterocycles. The topological polar surface area (TPSA) is 49.8 Å². The van der Waals surface area contributed by atoms with Crippen molar-refractivity contribution in [3.05, 3.63) is 29.3 Å². The zero-order chi connectivity index (χ0) is 15.1. The van der Waals surface area contributed by atoms with E-state index in [2.05, 4.69) is 0 Å². The normalized spacial score (nSPS) is 17.9. The number of ether oxygens (including phenoxy) is 1. The van der Waals surface area contributed by atoms with Gasteiger partial charge in [0.1, 0.15) is 6.10 Å². The summed E-state index contributed by atoms with van der Waals surface area (Å²) in [5.74, 6) is 0.776. The van der Waals surface area contributed by atoms with E-state index in [1.165, 1.54) is 0 Å². The van der Waals surface area contributed by atoms with E-state index >= 15 is 0 Å². The molecule has 1 fully saturated rings. The van der Waals surface area contributed by atoms with Crippen molar-refractivity contribution >= 4 is 29.3 Å². The fourth-order valence-electron chi connectivity index (χ4n) is 2.23. The Morgan fingerprint density at radius 3 is 2.76 bits per heavy atom. The van der Waals surface area contributed by atoms with Crippen LogP contribution in [-0.2, 0) is 9.53 Å². The van der Waals surface area contributed by atoms with E-state index in [0.717, 1.165) is 28.5 Å². The number of halogens is 1. The first-order chi connectivity index (χ1) is 10.2. The molecule has 1 aromatic rings. The summed E-state index contributed by atoms with van der Waals surface area (Å²) in [7, 11) is 0. The molecule has 2 rings (SSSR count). The van der Waals surface area contributed by atoms with Crippen molar-refractivity contribution in [1.82, 2.24) is 4.90 Å². The maximum atomic E-state index is 12.3. The maximum absolute atomic E-state index is 12.3. The minimum atomic E-state index is -0.322. The van der Waals surface area contributed by atoms with E-state index in [1.54, 1.807) is 16.7 Å². The van der Waals surface area contributed by atoms with Gasteiger partial charge in [-0.1, -0.05) is 11.6 Å². The number of carbonyl (C=O) groups is 1. The third-order valence-corrected chi connectivity index (χ3v) is 4.57. The lowest BCUT2D eigenvalue weighted by molar-refractivity contribution is -0.141. The first kappa shape index (κ1) is 16.6. The lowest BCUT2D eigenvalue weighted by atomic mass is 10.2. The van der Waals surface area contributed by atoms with E-state index < -0.39 is 0 Å². The highest BCUT2D eigenvalue weighted by atomic mass is 35.5. The number of hydrogen-bond acceptors (Lipinski definition) is 4. The minimum absolute atomic E-state index is 0.00161. The summed E-state index contributed by atoms with van der Waals surface area (Å²) in [6.07, 6.45) is 1.39. The lowest BCUT2D eigenvalue weighted by Gasteiger charge is -2.24. The standard InChI is InChI=1S/C15H20ClNO3S/c16-12-3-5-13(6-4-12)21-11-8-17(7-9-18)15(19)14-2-1-10-20-14/h3-6,14,18H,1-2,7-11H2/t14-/m1/s1. The zero-order valence-electron chi connectivity index (χ0n) is 11.8. The third-order valence-electron chi connectivity index (χ3n) is 3.33. The van der Waals surface area contributed by atoms with Crippen LogP contribution in [0.4, 0.5) is 0 Å². The molecule has 0 spiro atoms. The second-order valence-corrected chi connectivity index (χ2v) is 6.46. The van der Waals surface area contributed by atoms with E-state index in [1.807, 2.05) is 24.3 Å². The highest BCUT2D eigenvalue weighted by molar-refractivity contribution is 7.99. The van der Waals surface area contributed by atoms with Crippen LogP contribution in [0.5, 0.6) is 0 Å². The smallest absolute Gasteiger partial charge is 0.251 e. The molecular formula is C15H20ClNO3S. The summed E-state index contributed by atoms with van der Waals surface area (Å²) in [5, 5.41) is 9.84. The second-order valence-electron chi connectivity index (χ2n) is 4.85. The van der Waals surface area contributed by atoms with E-state index in [-0.39, 0.29) is 18.6 Å². The summed E-state index contributed by atoms with van der Waals surface area (Å²) in [5.41, 5.74) is 0. The number of rotatable bonds is 7. The fourth-order valence-corrected chi connectivity index (χ4v) is 3.24. The first-order valence-corrected chi connectivity index (χ1v) is 8.46. The van der Waals surface area contributed by atoms with Gasteiger partial charge in [0.15, 0.2) is 0 Å². The SMILES string of the molecule is O=C([C@H]1CCCO1)N(CCO)CCSc1ccc(Cl)cc1. The van der Waals surface area contributed by atoms with Gasteiger partial charge < -0.3 is 14.7 Å². The molecule has 4 nitrogen and oxygen atoms in total. The molecular weight excluding hydrogens is 310 g/mol. The average Bonchev–Trinajstić information content (AvgIpc) is 3.02. The summed E-state index contributed by atoms with van der Waals surface area (Å²) < 4.78 is 5.43. The molecule has 0 unspecified atom stereocenters. The van der Waals surface area contributed by atoms with Gasteiger partial charge in [-0.05, 0) is 37.1 Å². The Labute approximate surface area is 134 Å². The number of nitrogens with zero attached hydrogens (tertiary/aromatic N) is 1. The fraction of sp³-hybridized carbons (Fsp3) is 0.533. The second kappa shape index (κ2) is 8.63. The number of aliphatic hydroxyl groups is 1. The Kier molecular flexibility index (Phi) is 6.83. The van der Waals surface area contributed by atoms with Crippen LogP contribution in [0.15, 0.2) is 29.2 Å². The van der Waals surface area contributed by atoms with E-state index in [4.69, 9.17) is 21.4 Å². The number of thioether (sulfide) groups is 1. The first-order valence-electron chi connectivity index (χ1n) is 7.10. The lowest BCUT2D eigenvalue weighted by Crippen LogP contribution is -2.41. The van der Waals surface area contributed by atoms with Crippen LogP contribution < -0.4 is 0 Å². The van der Waals surface area contributed by atoms with Gasteiger partial charge in [-0.3, -0.25) is 4.79 Å². The van der Waals surface area contributed by atoms with Crippen molar-refractivity contribution in [3.8, 4) is 0 Å². The molecule has 6 heteroatoms. The predicted octanol–water partition coefficient (Wildman–Crippen LogP) is 2.43. The van der Waals surface area contributed by atoms with Crippen molar-refractivity contribution in [2.75, 3.05) is 32.1 Å². The van der Waals surface area contributed by atoms with Crippen LogP contribution in [0, 0.1) is 0 Å².